The number of ketones is 1. The van der Waals surface area contributed by atoms with Gasteiger partial charge in [-0.15, -0.1) is 0 Å². The summed E-state index contributed by atoms with van der Waals surface area (Å²) in [6.45, 7) is 4.31. The second kappa shape index (κ2) is 12.6. The zero-order valence-electron chi connectivity index (χ0n) is 24.4. The van der Waals surface area contributed by atoms with Gasteiger partial charge in [0.25, 0.3) is 0 Å². The summed E-state index contributed by atoms with van der Waals surface area (Å²) in [4.78, 5) is 21.1. The average Bonchev–Trinajstić information content (AvgIpc) is 3.65. The highest BCUT2D eigenvalue weighted by molar-refractivity contribution is 5.98. The molecule has 0 amide bonds. The molecule has 2 saturated heterocycles. The molecule has 6 rings (SSSR count). The Morgan fingerprint density at radius 1 is 0.976 bits per heavy atom. The van der Waals surface area contributed by atoms with Crippen LogP contribution < -0.4 is 14.8 Å². The largest absolute Gasteiger partial charge is 0.493 e. The number of Topliss-reactive ketones (excluding diaryl/α,β-unsaturated/α-hetero) is 1. The molecular weight excluding hydrogens is 531 g/mol. The number of para-hydroxylation sites is 2. The van der Waals surface area contributed by atoms with Crippen LogP contribution in [0.15, 0.2) is 66.7 Å². The highest BCUT2D eigenvalue weighted by Crippen LogP contribution is 2.36. The summed E-state index contributed by atoms with van der Waals surface area (Å²) in [6, 6.07) is 21.0. The van der Waals surface area contributed by atoms with E-state index in [9.17, 15) is 9.18 Å². The predicted octanol–water partition coefficient (Wildman–Crippen LogP) is 5.67. The van der Waals surface area contributed by atoms with Gasteiger partial charge in [0.1, 0.15) is 5.82 Å². The van der Waals surface area contributed by atoms with Crippen LogP contribution in [-0.4, -0.2) is 66.7 Å². The highest BCUT2D eigenvalue weighted by Gasteiger charge is 2.32. The lowest BCUT2D eigenvalue weighted by molar-refractivity contribution is 0.0822. The van der Waals surface area contributed by atoms with E-state index in [1.54, 1.807) is 26.4 Å². The van der Waals surface area contributed by atoms with Gasteiger partial charge in [0, 0.05) is 24.4 Å². The van der Waals surface area contributed by atoms with Crippen molar-refractivity contribution in [3.63, 3.8) is 0 Å². The normalized spacial score (nSPS) is 19.8. The third-order valence-electron chi connectivity index (χ3n) is 9.03. The van der Waals surface area contributed by atoms with E-state index in [-0.39, 0.29) is 17.5 Å². The summed E-state index contributed by atoms with van der Waals surface area (Å²) in [5.41, 5.74) is 3.97. The van der Waals surface area contributed by atoms with Crippen molar-refractivity contribution < 1.29 is 18.7 Å². The molecule has 4 aromatic rings. The Balaban J connectivity index is 1.08. The molecule has 2 aliphatic heterocycles. The number of piperidine rings is 1. The van der Waals surface area contributed by atoms with Gasteiger partial charge in [0.2, 0.25) is 5.78 Å². The summed E-state index contributed by atoms with van der Waals surface area (Å²) in [6.07, 6.45) is 3.83. The van der Waals surface area contributed by atoms with Crippen LogP contribution in [0.5, 0.6) is 11.5 Å². The number of benzene rings is 3. The van der Waals surface area contributed by atoms with Crippen molar-refractivity contribution >= 4 is 16.8 Å². The van der Waals surface area contributed by atoms with Gasteiger partial charge in [0.15, 0.2) is 17.3 Å². The lowest BCUT2D eigenvalue weighted by Gasteiger charge is -2.32. The van der Waals surface area contributed by atoms with Crippen LogP contribution in [0.1, 0.15) is 53.3 Å². The van der Waals surface area contributed by atoms with Gasteiger partial charge in [-0.3, -0.25) is 4.79 Å². The first-order valence-electron chi connectivity index (χ1n) is 15.0. The second-order valence-corrected chi connectivity index (χ2v) is 11.5. The Morgan fingerprint density at radius 2 is 1.74 bits per heavy atom. The Morgan fingerprint density at radius 3 is 2.50 bits per heavy atom. The molecule has 2 fully saturated rings. The topological polar surface area (TPSA) is 68.6 Å². The quantitative estimate of drug-likeness (QED) is 0.248. The third-order valence-corrected chi connectivity index (χ3v) is 9.03. The van der Waals surface area contributed by atoms with E-state index >= 15 is 0 Å². The van der Waals surface area contributed by atoms with Crippen molar-refractivity contribution in [3.05, 3.63) is 89.5 Å². The molecule has 0 aliphatic carbocycles. The number of carbonyl (C=O) groups excluding carboxylic acids is 1. The zero-order chi connectivity index (χ0) is 29.1. The number of fused-ring (bicyclic) bond motifs is 1. The van der Waals surface area contributed by atoms with Gasteiger partial charge in [-0.1, -0.05) is 30.3 Å². The number of hydrogen-bond acceptors (Lipinski definition) is 6. The number of aromatic nitrogens is 2. The monoisotopic (exact) mass is 570 g/mol. The third kappa shape index (κ3) is 5.92. The number of methoxy groups -OCH3 is 2. The molecular formula is C34H39FN4O3. The van der Waals surface area contributed by atoms with Gasteiger partial charge in [0.05, 0.1) is 25.3 Å². The molecule has 2 unspecified atom stereocenters. The number of likely N-dealkylation sites (tertiary alicyclic amines) is 1. The molecule has 0 saturated carbocycles. The molecule has 2 aliphatic rings. The summed E-state index contributed by atoms with van der Waals surface area (Å²) in [5, 5.41) is 3.72. The molecule has 2 atom stereocenters. The lowest BCUT2D eigenvalue weighted by Crippen LogP contribution is -2.39. The van der Waals surface area contributed by atoms with E-state index in [1.165, 1.54) is 17.7 Å². The van der Waals surface area contributed by atoms with E-state index in [0.717, 1.165) is 80.0 Å². The van der Waals surface area contributed by atoms with Crippen molar-refractivity contribution in [2.24, 2.45) is 5.92 Å². The first kappa shape index (κ1) is 28.4. The van der Waals surface area contributed by atoms with Crippen LogP contribution in [0.4, 0.5) is 4.39 Å². The van der Waals surface area contributed by atoms with Gasteiger partial charge in [-0.2, -0.15) is 0 Å². The smallest absolute Gasteiger partial charge is 0.201 e. The molecule has 1 aromatic heterocycles. The van der Waals surface area contributed by atoms with Crippen LogP contribution in [-0.2, 0) is 6.54 Å². The predicted molar refractivity (Wildman–Crippen MR) is 162 cm³/mol. The first-order chi connectivity index (χ1) is 20.5. The lowest BCUT2D eigenvalue weighted by atomic mass is 9.89. The number of imidazole rings is 1. The van der Waals surface area contributed by atoms with Crippen LogP contribution in [0.25, 0.3) is 11.0 Å². The summed E-state index contributed by atoms with van der Waals surface area (Å²) >= 11 is 0. The Kier molecular flexibility index (Phi) is 8.53. The standard InChI is InChI=1S/C34H39FN4O3/c1-41-31-12-9-25(21-32(31)42-2)27-13-17-36-28(27)16-20-38-18-14-24(15-19-38)33(40)34-37-29-5-3-4-6-30(29)39(34)22-23-7-10-26(35)11-8-23/h3-12,21,24,27-28,36H,13-20,22H2,1-2H3. The summed E-state index contributed by atoms with van der Waals surface area (Å²) < 4.78 is 26.5. The SMILES string of the molecule is COc1ccc(C2CCNC2CCN2CCC(C(=O)c3nc4ccccc4n3Cc3ccc(F)cc3)CC2)cc1OC. The van der Waals surface area contributed by atoms with Crippen LogP contribution in [0.2, 0.25) is 0 Å². The molecule has 3 heterocycles. The number of ether oxygens (including phenoxy) is 2. The second-order valence-electron chi connectivity index (χ2n) is 11.5. The van der Waals surface area contributed by atoms with E-state index in [2.05, 4.69) is 22.3 Å². The zero-order valence-corrected chi connectivity index (χ0v) is 24.4. The van der Waals surface area contributed by atoms with E-state index in [1.807, 2.05) is 34.9 Å². The summed E-state index contributed by atoms with van der Waals surface area (Å²) in [7, 11) is 3.35. The number of hydrogen-bond donors (Lipinski definition) is 1. The fourth-order valence-electron chi connectivity index (χ4n) is 6.67. The molecule has 42 heavy (non-hydrogen) atoms. The minimum Gasteiger partial charge on any atom is -0.493 e. The maximum atomic E-state index is 13.8. The van der Waals surface area contributed by atoms with Crippen LogP contribution >= 0.6 is 0 Å². The minimum atomic E-state index is -0.266. The van der Waals surface area contributed by atoms with Gasteiger partial charge in [-0.05, 0) is 99.4 Å². The fourth-order valence-corrected chi connectivity index (χ4v) is 6.67. The van der Waals surface area contributed by atoms with Crippen molar-refractivity contribution in [2.45, 2.75) is 44.2 Å². The maximum absolute atomic E-state index is 13.8. The molecule has 220 valence electrons. The average molecular weight is 571 g/mol. The highest BCUT2D eigenvalue weighted by atomic mass is 19.1. The van der Waals surface area contributed by atoms with Crippen molar-refractivity contribution in [1.82, 2.24) is 19.8 Å². The number of halogens is 1. The molecule has 3 aromatic carbocycles. The van der Waals surface area contributed by atoms with Crippen molar-refractivity contribution in [3.8, 4) is 11.5 Å². The van der Waals surface area contributed by atoms with Crippen molar-refractivity contribution in [2.75, 3.05) is 40.4 Å². The van der Waals surface area contributed by atoms with Gasteiger partial charge < -0.3 is 24.3 Å². The van der Waals surface area contributed by atoms with Gasteiger partial charge >= 0.3 is 0 Å². The van der Waals surface area contributed by atoms with Gasteiger partial charge in [-0.25, -0.2) is 9.37 Å². The number of nitrogens with one attached hydrogen (secondary N) is 1. The molecule has 0 spiro atoms. The molecule has 0 bridgehead atoms. The van der Waals surface area contributed by atoms with E-state index < -0.39 is 0 Å². The van der Waals surface area contributed by atoms with E-state index in [0.29, 0.717) is 24.3 Å². The summed E-state index contributed by atoms with van der Waals surface area (Å²) in [5.74, 6) is 2.28. The fraction of sp³-hybridized carbons (Fsp3) is 0.412. The Hall–Kier alpha value is -3.75. The first-order valence-corrected chi connectivity index (χ1v) is 15.0. The molecule has 1 N–H and O–H groups in total. The molecule has 7 nitrogen and oxygen atoms in total. The van der Waals surface area contributed by atoms with E-state index in [4.69, 9.17) is 14.5 Å². The number of rotatable bonds is 10. The van der Waals surface area contributed by atoms with Crippen molar-refractivity contribution in [1.29, 1.82) is 0 Å². The Bertz CT molecular complexity index is 1530. The minimum absolute atomic E-state index is 0.0471. The van der Waals surface area contributed by atoms with Crippen LogP contribution in [0, 0.1) is 11.7 Å². The number of nitrogens with zero attached hydrogens (tertiary/aromatic N) is 3. The maximum Gasteiger partial charge on any atom is 0.201 e. The number of carbonyl (C=O) groups is 1. The van der Waals surface area contributed by atoms with Crippen LogP contribution in [0.3, 0.4) is 0 Å². The molecule has 8 heteroatoms. The Labute approximate surface area is 246 Å². The molecule has 0 radical (unpaired) electrons.